The van der Waals surface area contributed by atoms with Gasteiger partial charge in [0.2, 0.25) is 0 Å². The number of aromatic nitrogens is 3. The highest BCUT2D eigenvalue weighted by Gasteiger charge is 2.16. The average molecular weight is 413 g/mol. The number of furan rings is 1. The molecule has 3 heterocycles. The van der Waals surface area contributed by atoms with Crippen molar-refractivity contribution >= 4 is 40.0 Å². The van der Waals surface area contributed by atoms with E-state index in [0.717, 1.165) is 5.01 Å². The largest absolute Gasteiger partial charge is 0.467 e. The number of benzene rings is 1. The van der Waals surface area contributed by atoms with Gasteiger partial charge in [-0.1, -0.05) is 11.8 Å². The normalized spacial score (nSPS) is 11.0. The van der Waals surface area contributed by atoms with Gasteiger partial charge in [0.25, 0.3) is 5.56 Å². The van der Waals surface area contributed by atoms with Crippen molar-refractivity contribution in [1.82, 2.24) is 14.5 Å². The predicted molar refractivity (Wildman–Crippen MR) is 107 cm³/mol. The van der Waals surface area contributed by atoms with Gasteiger partial charge in [-0.15, -0.1) is 11.3 Å². The van der Waals surface area contributed by atoms with Crippen molar-refractivity contribution in [3.8, 4) is 0 Å². The minimum absolute atomic E-state index is 0.195. The quantitative estimate of drug-likeness (QED) is 0.271. The maximum atomic E-state index is 13.1. The van der Waals surface area contributed by atoms with Gasteiger partial charge >= 0.3 is 5.97 Å². The van der Waals surface area contributed by atoms with Crippen LogP contribution >= 0.6 is 23.1 Å². The van der Waals surface area contributed by atoms with E-state index in [0.29, 0.717) is 33.1 Å². The Kier molecular flexibility index (Phi) is 5.27. The van der Waals surface area contributed by atoms with Gasteiger partial charge in [0, 0.05) is 11.6 Å². The summed E-state index contributed by atoms with van der Waals surface area (Å²) in [5.74, 6) is 0.774. The number of thiazole rings is 1. The number of ether oxygens (including phenoxy) is 1. The summed E-state index contributed by atoms with van der Waals surface area (Å²) >= 11 is 2.96. The molecule has 0 radical (unpaired) electrons. The second kappa shape index (κ2) is 7.99. The summed E-state index contributed by atoms with van der Waals surface area (Å²) in [6.07, 6.45) is 3.31. The van der Waals surface area contributed by atoms with E-state index in [-0.39, 0.29) is 12.1 Å². The Morgan fingerprint density at radius 3 is 2.96 bits per heavy atom. The molecule has 0 bridgehead atoms. The third-order valence-electron chi connectivity index (χ3n) is 4.04. The average Bonchev–Trinajstić information content (AvgIpc) is 3.41. The first-order valence-corrected chi connectivity index (χ1v) is 10.2. The van der Waals surface area contributed by atoms with E-state index in [2.05, 4.69) is 9.97 Å². The Hall–Kier alpha value is -2.91. The molecule has 0 saturated heterocycles. The zero-order chi connectivity index (χ0) is 19.5. The molecule has 4 aromatic rings. The monoisotopic (exact) mass is 413 g/mol. The molecular formula is C19H15N3O4S2. The summed E-state index contributed by atoms with van der Waals surface area (Å²) in [5.41, 5.74) is 0.603. The van der Waals surface area contributed by atoms with Crippen LogP contribution in [-0.4, -0.2) is 27.6 Å². The van der Waals surface area contributed by atoms with Crippen LogP contribution in [0.25, 0.3) is 10.9 Å². The fraction of sp³-hybridized carbons (Fsp3) is 0.158. The summed E-state index contributed by atoms with van der Waals surface area (Å²) in [6.45, 7) is 0.272. The maximum Gasteiger partial charge on any atom is 0.337 e. The minimum atomic E-state index is -0.472. The van der Waals surface area contributed by atoms with Crippen LogP contribution < -0.4 is 5.56 Å². The molecule has 0 atom stereocenters. The molecule has 4 rings (SSSR count). The molecule has 0 N–H and O–H groups in total. The predicted octanol–water partition coefficient (Wildman–Crippen LogP) is 3.57. The van der Waals surface area contributed by atoms with Crippen LogP contribution in [0.5, 0.6) is 0 Å². The molecule has 0 aliphatic rings. The van der Waals surface area contributed by atoms with Crippen molar-refractivity contribution in [2.24, 2.45) is 0 Å². The van der Waals surface area contributed by atoms with Crippen molar-refractivity contribution in [1.29, 1.82) is 0 Å². The second-order valence-corrected chi connectivity index (χ2v) is 7.72. The molecule has 0 amide bonds. The summed E-state index contributed by atoms with van der Waals surface area (Å²) in [7, 11) is 1.32. The second-order valence-electron chi connectivity index (χ2n) is 5.80. The first-order valence-electron chi connectivity index (χ1n) is 8.32. The third-order valence-corrected chi connectivity index (χ3v) is 5.99. The Morgan fingerprint density at radius 2 is 2.25 bits per heavy atom. The van der Waals surface area contributed by atoms with Crippen LogP contribution in [0.1, 0.15) is 21.1 Å². The summed E-state index contributed by atoms with van der Waals surface area (Å²) < 4.78 is 11.7. The summed E-state index contributed by atoms with van der Waals surface area (Å²) in [6, 6.07) is 8.33. The van der Waals surface area contributed by atoms with Crippen LogP contribution in [0.15, 0.2) is 62.5 Å². The van der Waals surface area contributed by atoms with Crippen LogP contribution in [0.4, 0.5) is 0 Å². The summed E-state index contributed by atoms with van der Waals surface area (Å²) in [5, 5.41) is 3.80. The lowest BCUT2D eigenvalue weighted by Crippen LogP contribution is -2.24. The van der Waals surface area contributed by atoms with Gasteiger partial charge in [-0.3, -0.25) is 9.36 Å². The van der Waals surface area contributed by atoms with Gasteiger partial charge in [-0.25, -0.2) is 14.8 Å². The molecule has 0 spiro atoms. The van der Waals surface area contributed by atoms with Crippen molar-refractivity contribution in [2.75, 3.05) is 7.11 Å². The van der Waals surface area contributed by atoms with Crippen LogP contribution in [0.2, 0.25) is 0 Å². The van der Waals surface area contributed by atoms with Gasteiger partial charge in [-0.05, 0) is 30.3 Å². The van der Waals surface area contributed by atoms with Gasteiger partial charge in [0.1, 0.15) is 10.8 Å². The van der Waals surface area contributed by atoms with Gasteiger partial charge in [0.05, 0.1) is 42.1 Å². The van der Waals surface area contributed by atoms with Gasteiger partial charge < -0.3 is 9.15 Å². The highest BCUT2D eigenvalue weighted by atomic mass is 32.2. The number of hydrogen-bond acceptors (Lipinski definition) is 8. The fourth-order valence-electron chi connectivity index (χ4n) is 2.70. The number of esters is 1. The van der Waals surface area contributed by atoms with Gasteiger partial charge in [-0.2, -0.15) is 0 Å². The lowest BCUT2D eigenvalue weighted by Gasteiger charge is -2.12. The van der Waals surface area contributed by atoms with E-state index in [9.17, 15) is 9.59 Å². The number of nitrogens with zero attached hydrogens (tertiary/aromatic N) is 3. The van der Waals surface area contributed by atoms with E-state index >= 15 is 0 Å². The molecular weight excluding hydrogens is 398 g/mol. The molecule has 0 fully saturated rings. The third kappa shape index (κ3) is 3.71. The lowest BCUT2D eigenvalue weighted by atomic mass is 10.1. The number of fused-ring (bicyclic) bond motifs is 1. The number of methoxy groups -OCH3 is 1. The first-order chi connectivity index (χ1) is 13.7. The minimum Gasteiger partial charge on any atom is -0.467 e. The number of rotatable bonds is 6. The Labute approximate surface area is 168 Å². The zero-order valence-electron chi connectivity index (χ0n) is 14.8. The summed E-state index contributed by atoms with van der Waals surface area (Å²) in [4.78, 5) is 33.9. The topological polar surface area (TPSA) is 87.2 Å². The van der Waals surface area contributed by atoms with E-state index in [1.54, 1.807) is 52.6 Å². The Balaban J connectivity index is 1.80. The zero-order valence-corrected chi connectivity index (χ0v) is 16.5. The lowest BCUT2D eigenvalue weighted by molar-refractivity contribution is 0.0601. The molecule has 0 unspecified atom stereocenters. The number of thioether (sulfide) groups is 1. The van der Waals surface area contributed by atoms with Crippen molar-refractivity contribution in [3.63, 3.8) is 0 Å². The smallest absolute Gasteiger partial charge is 0.337 e. The van der Waals surface area contributed by atoms with E-state index in [1.807, 2.05) is 11.4 Å². The molecule has 7 nitrogen and oxygen atoms in total. The number of carbonyl (C=O) groups is 1. The van der Waals surface area contributed by atoms with E-state index < -0.39 is 5.97 Å². The number of carbonyl (C=O) groups excluding carboxylic acids is 1. The number of hydrogen-bond donors (Lipinski definition) is 0. The molecule has 0 saturated carbocycles. The molecule has 9 heteroatoms. The maximum absolute atomic E-state index is 13.1. The van der Waals surface area contributed by atoms with E-state index in [4.69, 9.17) is 9.15 Å². The molecule has 0 aliphatic carbocycles. The molecule has 0 aliphatic heterocycles. The van der Waals surface area contributed by atoms with Crippen molar-refractivity contribution in [3.05, 3.63) is 74.9 Å². The van der Waals surface area contributed by atoms with Gasteiger partial charge in [0.15, 0.2) is 5.16 Å². The van der Waals surface area contributed by atoms with E-state index in [1.165, 1.54) is 18.9 Å². The Bertz CT molecular complexity index is 1170. The van der Waals surface area contributed by atoms with Crippen LogP contribution in [0, 0.1) is 0 Å². The first kappa shape index (κ1) is 18.5. The highest BCUT2D eigenvalue weighted by Crippen LogP contribution is 2.24. The van der Waals surface area contributed by atoms with Crippen molar-refractivity contribution in [2.45, 2.75) is 17.5 Å². The Morgan fingerprint density at radius 1 is 1.36 bits per heavy atom. The SMILES string of the molecule is COC(=O)c1ccc2c(=O)n(Cc3ccco3)c(SCc3nccs3)nc2c1. The fourth-order valence-corrected chi connectivity index (χ4v) is 4.35. The standard InChI is InChI=1S/C19H15N3O4S2/c1-25-18(24)12-4-5-14-15(9-12)21-19(28-11-16-20-6-8-27-16)22(17(14)23)10-13-3-2-7-26-13/h2-9H,10-11H2,1H3. The van der Waals surface area contributed by atoms with Crippen LogP contribution in [-0.2, 0) is 17.0 Å². The molecule has 3 aromatic heterocycles. The molecule has 142 valence electrons. The van der Waals surface area contributed by atoms with Crippen LogP contribution in [0.3, 0.4) is 0 Å². The molecule has 1 aromatic carbocycles. The van der Waals surface area contributed by atoms with Crippen molar-refractivity contribution < 1.29 is 13.9 Å². The molecule has 28 heavy (non-hydrogen) atoms. The highest BCUT2D eigenvalue weighted by molar-refractivity contribution is 7.98.